The van der Waals surface area contributed by atoms with Crippen LogP contribution in [0.1, 0.15) is 6.42 Å². The Labute approximate surface area is 74.1 Å². The second-order valence-corrected chi connectivity index (χ2v) is 5.35. The molecule has 0 spiro atoms. The summed E-state index contributed by atoms with van der Waals surface area (Å²) in [5, 5.41) is 7.75. The number of hydrogen-bond donors (Lipinski definition) is 1. The summed E-state index contributed by atoms with van der Waals surface area (Å²) in [7, 11) is -3.39. The first-order valence-corrected chi connectivity index (χ1v) is 5.40. The number of carbonyl (C=O) groups excluding carboxylic acids is 1. The zero-order valence-corrected chi connectivity index (χ0v) is 7.32. The summed E-state index contributed by atoms with van der Waals surface area (Å²) < 4.78 is 22.5. The van der Waals surface area contributed by atoms with E-state index in [4.69, 9.17) is 5.11 Å². The molecule has 0 saturated carbocycles. The summed E-state index contributed by atoms with van der Waals surface area (Å²) in [6.07, 6.45) is -0.0634. The number of fused-ring (bicyclic) bond motifs is 1. The molecule has 0 aromatic carbocycles. The molecule has 72 valence electrons. The van der Waals surface area contributed by atoms with Crippen LogP contribution in [-0.2, 0) is 19.4 Å². The Morgan fingerprint density at radius 1 is 1.54 bits per heavy atom. The van der Waals surface area contributed by atoms with Gasteiger partial charge in [0.15, 0.2) is 9.84 Å². The van der Waals surface area contributed by atoms with E-state index in [1.54, 1.807) is 0 Å². The normalized spacial score (nSPS) is 35.4. The summed E-state index contributed by atoms with van der Waals surface area (Å²) >= 11 is 0. The topological polar surface area (TPSA) is 91.7 Å². The van der Waals surface area contributed by atoms with Gasteiger partial charge in [0.25, 0.3) is 0 Å². The van der Waals surface area contributed by atoms with Gasteiger partial charge in [-0.05, 0) is 0 Å². The molecule has 0 bridgehead atoms. The van der Waals surface area contributed by atoms with E-state index < -0.39 is 38.9 Å². The van der Waals surface area contributed by atoms with Crippen LogP contribution < -0.4 is 0 Å². The van der Waals surface area contributed by atoms with Crippen molar-refractivity contribution < 1.29 is 23.1 Å². The van der Waals surface area contributed by atoms with Crippen molar-refractivity contribution in [2.45, 2.75) is 17.8 Å². The molecule has 1 unspecified atom stereocenters. The fraction of sp³-hybridized carbons (Fsp3) is 0.667. The highest BCUT2D eigenvalue weighted by atomic mass is 32.2. The minimum absolute atomic E-state index is 0.0634. The molecular formula is C6H7NO5S. The molecule has 2 aliphatic heterocycles. The highest BCUT2D eigenvalue weighted by molar-refractivity contribution is 7.92. The van der Waals surface area contributed by atoms with Crippen molar-refractivity contribution >= 4 is 21.7 Å². The average Bonchev–Trinajstić information content (AvgIpc) is 2.18. The molecule has 0 radical (unpaired) electrons. The Balaban J connectivity index is 2.37. The van der Waals surface area contributed by atoms with Gasteiger partial charge >= 0.3 is 5.97 Å². The number of sulfone groups is 1. The van der Waals surface area contributed by atoms with Gasteiger partial charge in [-0.15, -0.1) is 0 Å². The fourth-order valence-corrected chi connectivity index (χ4v) is 3.65. The Bertz CT molecular complexity index is 378. The minimum atomic E-state index is -3.39. The highest BCUT2D eigenvalue weighted by Gasteiger charge is 2.57. The second kappa shape index (κ2) is 2.22. The van der Waals surface area contributed by atoms with Crippen molar-refractivity contribution in [1.82, 2.24) is 4.90 Å². The quantitative estimate of drug-likeness (QED) is 0.522. The minimum Gasteiger partial charge on any atom is -0.480 e. The fourth-order valence-electron chi connectivity index (χ4n) is 1.68. The van der Waals surface area contributed by atoms with E-state index in [9.17, 15) is 18.0 Å². The molecule has 2 atom stereocenters. The van der Waals surface area contributed by atoms with Gasteiger partial charge < -0.3 is 10.0 Å². The number of carbonyl (C=O) groups is 2. The standard InChI is InChI=1S/C6H7NO5S/c8-4-1-5-7(4)3(6(9)10)2-13(5,11)12/h3,5H,1-2H2,(H,9,10)/t3?,5-/m1/s1. The Hall–Kier alpha value is -1.11. The van der Waals surface area contributed by atoms with Crippen LogP contribution in [0, 0.1) is 0 Å². The zero-order chi connectivity index (χ0) is 9.80. The number of nitrogens with zero attached hydrogens (tertiary/aromatic N) is 1. The molecule has 2 saturated heterocycles. The van der Waals surface area contributed by atoms with Crippen molar-refractivity contribution in [1.29, 1.82) is 0 Å². The molecule has 0 aliphatic carbocycles. The van der Waals surface area contributed by atoms with Gasteiger partial charge in [0, 0.05) is 0 Å². The van der Waals surface area contributed by atoms with E-state index in [-0.39, 0.29) is 6.42 Å². The lowest BCUT2D eigenvalue weighted by atomic mass is 10.1. The first-order chi connectivity index (χ1) is 5.93. The highest BCUT2D eigenvalue weighted by Crippen LogP contribution is 2.34. The van der Waals surface area contributed by atoms with Crippen molar-refractivity contribution in [2.75, 3.05) is 5.75 Å². The van der Waals surface area contributed by atoms with E-state index in [2.05, 4.69) is 0 Å². The van der Waals surface area contributed by atoms with E-state index in [0.717, 1.165) is 4.90 Å². The van der Waals surface area contributed by atoms with Gasteiger partial charge in [0.2, 0.25) is 5.91 Å². The summed E-state index contributed by atoms with van der Waals surface area (Å²) in [4.78, 5) is 22.4. The molecule has 1 amide bonds. The Kier molecular flexibility index (Phi) is 1.45. The number of hydrogen-bond acceptors (Lipinski definition) is 4. The summed E-state index contributed by atoms with van der Waals surface area (Å²) in [5.74, 6) is -2.09. The van der Waals surface area contributed by atoms with Crippen LogP contribution in [-0.4, -0.2) is 47.5 Å². The molecule has 0 aromatic heterocycles. The Morgan fingerprint density at radius 3 is 2.54 bits per heavy atom. The van der Waals surface area contributed by atoms with Crippen LogP contribution in [0.2, 0.25) is 0 Å². The molecule has 2 aliphatic rings. The second-order valence-electron chi connectivity index (χ2n) is 3.14. The number of amides is 1. The number of β-lactam (4-membered cyclic amide) rings is 1. The van der Waals surface area contributed by atoms with Crippen molar-refractivity contribution in [2.24, 2.45) is 0 Å². The van der Waals surface area contributed by atoms with Crippen LogP contribution in [0.3, 0.4) is 0 Å². The molecule has 1 N–H and O–H groups in total. The zero-order valence-electron chi connectivity index (χ0n) is 6.50. The number of carboxylic acids is 1. The largest absolute Gasteiger partial charge is 0.480 e. The van der Waals surface area contributed by atoms with Crippen molar-refractivity contribution in [3.63, 3.8) is 0 Å². The third-order valence-corrected chi connectivity index (χ3v) is 4.38. The lowest BCUT2D eigenvalue weighted by Crippen LogP contribution is -2.55. The van der Waals surface area contributed by atoms with Crippen molar-refractivity contribution in [3.8, 4) is 0 Å². The molecule has 7 heteroatoms. The molecule has 13 heavy (non-hydrogen) atoms. The molecular weight excluding hydrogens is 198 g/mol. The van der Waals surface area contributed by atoms with E-state index >= 15 is 0 Å². The number of rotatable bonds is 1. The predicted octanol–water partition coefficient (Wildman–Crippen LogP) is -1.57. The summed E-state index contributed by atoms with van der Waals surface area (Å²) in [6.45, 7) is 0. The van der Waals surface area contributed by atoms with Gasteiger partial charge in [-0.3, -0.25) is 4.79 Å². The summed E-state index contributed by atoms with van der Waals surface area (Å²) in [6, 6.07) is -1.17. The predicted molar refractivity (Wildman–Crippen MR) is 40.5 cm³/mol. The van der Waals surface area contributed by atoms with Crippen LogP contribution in [0.25, 0.3) is 0 Å². The van der Waals surface area contributed by atoms with Gasteiger partial charge in [-0.2, -0.15) is 0 Å². The first-order valence-electron chi connectivity index (χ1n) is 3.69. The van der Waals surface area contributed by atoms with Crippen LogP contribution >= 0.6 is 0 Å². The van der Waals surface area contributed by atoms with Gasteiger partial charge in [-0.1, -0.05) is 0 Å². The molecule has 2 rings (SSSR count). The van der Waals surface area contributed by atoms with Crippen LogP contribution in [0.4, 0.5) is 0 Å². The lowest BCUT2D eigenvalue weighted by Gasteiger charge is -2.34. The van der Waals surface area contributed by atoms with E-state index in [1.165, 1.54) is 0 Å². The monoisotopic (exact) mass is 205 g/mol. The molecule has 2 fully saturated rings. The van der Waals surface area contributed by atoms with Gasteiger partial charge in [0.05, 0.1) is 12.2 Å². The first kappa shape index (κ1) is 8.49. The SMILES string of the molecule is O=C(O)C1CS(=O)(=O)[C@@H]2CC(=O)N12. The van der Waals surface area contributed by atoms with Crippen LogP contribution in [0.5, 0.6) is 0 Å². The van der Waals surface area contributed by atoms with Gasteiger partial charge in [0.1, 0.15) is 11.4 Å². The molecule has 0 aromatic rings. The smallest absolute Gasteiger partial charge is 0.327 e. The lowest BCUT2D eigenvalue weighted by molar-refractivity contribution is -0.155. The Morgan fingerprint density at radius 2 is 2.15 bits per heavy atom. The van der Waals surface area contributed by atoms with Crippen molar-refractivity contribution in [3.05, 3.63) is 0 Å². The van der Waals surface area contributed by atoms with E-state index in [1.807, 2.05) is 0 Å². The van der Waals surface area contributed by atoms with Gasteiger partial charge in [-0.25, -0.2) is 13.2 Å². The maximum atomic E-state index is 11.2. The maximum Gasteiger partial charge on any atom is 0.327 e. The number of carboxylic acid groups (broad SMARTS) is 1. The molecule has 6 nitrogen and oxygen atoms in total. The molecule has 2 heterocycles. The maximum absolute atomic E-state index is 11.2. The number of aliphatic carboxylic acids is 1. The van der Waals surface area contributed by atoms with Crippen LogP contribution in [0.15, 0.2) is 0 Å². The third kappa shape index (κ3) is 0.963. The third-order valence-electron chi connectivity index (χ3n) is 2.37. The summed E-state index contributed by atoms with van der Waals surface area (Å²) in [5.41, 5.74) is 0. The average molecular weight is 205 g/mol. The van der Waals surface area contributed by atoms with E-state index in [0.29, 0.717) is 0 Å².